The SMILES string of the molecule is CC(C)Cn1c2c(ccc1=O)CCN(C(=O)c1ccc[nH]1)CC2. The van der Waals surface area contributed by atoms with Crippen molar-refractivity contribution in [1.82, 2.24) is 14.5 Å². The Labute approximate surface area is 135 Å². The number of hydrogen-bond donors (Lipinski definition) is 1. The summed E-state index contributed by atoms with van der Waals surface area (Å²) in [5, 5.41) is 0. The quantitative estimate of drug-likeness (QED) is 0.943. The molecule has 0 spiro atoms. The lowest BCUT2D eigenvalue weighted by Crippen LogP contribution is -2.33. The van der Waals surface area contributed by atoms with Gasteiger partial charge in [-0.3, -0.25) is 9.59 Å². The van der Waals surface area contributed by atoms with Crippen LogP contribution >= 0.6 is 0 Å². The molecule has 0 aliphatic carbocycles. The summed E-state index contributed by atoms with van der Waals surface area (Å²) in [4.78, 5) is 29.6. The predicted octanol–water partition coefficient (Wildman–Crippen LogP) is 2.07. The van der Waals surface area contributed by atoms with E-state index >= 15 is 0 Å². The second-order valence-electron chi connectivity index (χ2n) is 6.52. The first kappa shape index (κ1) is 15.6. The molecule has 5 heteroatoms. The van der Waals surface area contributed by atoms with E-state index in [-0.39, 0.29) is 11.5 Å². The molecule has 1 aliphatic heterocycles. The van der Waals surface area contributed by atoms with Crippen molar-refractivity contribution in [3.63, 3.8) is 0 Å². The number of rotatable bonds is 3. The molecule has 1 N–H and O–H groups in total. The highest BCUT2D eigenvalue weighted by atomic mass is 16.2. The summed E-state index contributed by atoms with van der Waals surface area (Å²) in [5.41, 5.74) is 2.96. The minimum Gasteiger partial charge on any atom is -0.357 e. The molecule has 0 atom stereocenters. The van der Waals surface area contributed by atoms with E-state index in [1.54, 1.807) is 18.3 Å². The second-order valence-corrected chi connectivity index (χ2v) is 6.52. The predicted molar refractivity (Wildman–Crippen MR) is 89.6 cm³/mol. The number of pyridine rings is 1. The largest absolute Gasteiger partial charge is 0.357 e. The third-order valence-electron chi connectivity index (χ3n) is 4.32. The molecule has 0 fully saturated rings. The molecule has 23 heavy (non-hydrogen) atoms. The normalized spacial score (nSPS) is 14.7. The molecule has 2 aromatic heterocycles. The molecule has 0 unspecified atom stereocenters. The summed E-state index contributed by atoms with van der Waals surface area (Å²) >= 11 is 0. The van der Waals surface area contributed by atoms with Crippen LogP contribution in [0, 0.1) is 5.92 Å². The summed E-state index contributed by atoms with van der Waals surface area (Å²) in [5.74, 6) is 0.444. The number of carbonyl (C=O) groups is 1. The standard InChI is InChI=1S/C18H23N3O2/c1-13(2)12-21-16-8-11-20(18(23)15-4-3-9-19-15)10-7-14(16)5-6-17(21)22/h3-6,9,13,19H,7-8,10-12H2,1-2H3. The Hall–Kier alpha value is -2.30. The molecule has 1 amide bonds. The van der Waals surface area contributed by atoms with Gasteiger partial charge in [0.2, 0.25) is 0 Å². The fourth-order valence-corrected chi connectivity index (χ4v) is 3.20. The molecule has 3 rings (SSSR count). The number of aromatic amines is 1. The lowest BCUT2D eigenvalue weighted by molar-refractivity contribution is 0.0757. The fraction of sp³-hybridized carbons (Fsp3) is 0.444. The highest BCUT2D eigenvalue weighted by Crippen LogP contribution is 2.17. The van der Waals surface area contributed by atoms with Gasteiger partial charge in [0.05, 0.1) is 0 Å². The highest BCUT2D eigenvalue weighted by Gasteiger charge is 2.22. The highest BCUT2D eigenvalue weighted by molar-refractivity contribution is 5.92. The average Bonchev–Trinajstić information content (AvgIpc) is 2.96. The van der Waals surface area contributed by atoms with Gasteiger partial charge in [-0.25, -0.2) is 0 Å². The number of H-pyrrole nitrogens is 1. The van der Waals surface area contributed by atoms with Crippen molar-refractivity contribution in [2.24, 2.45) is 5.92 Å². The maximum atomic E-state index is 12.5. The van der Waals surface area contributed by atoms with E-state index in [9.17, 15) is 9.59 Å². The number of amides is 1. The fourth-order valence-electron chi connectivity index (χ4n) is 3.20. The van der Waals surface area contributed by atoms with Crippen LogP contribution in [0.3, 0.4) is 0 Å². The average molecular weight is 313 g/mol. The zero-order valence-corrected chi connectivity index (χ0v) is 13.7. The molecule has 0 saturated carbocycles. The molecule has 5 nitrogen and oxygen atoms in total. The lowest BCUT2D eigenvalue weighted by Gasteiger charge is -2.19. The first-order chi connectivity index (χ1) is 11.1. The minimum absolute atomic E-state index is 0.0283. The number of carbonyl (C=O) groups excluding carboxylic acids is 1. The Balaban J connectivity index is 1.85. The molecular formula is C18H23N3O2. The number of hydrogen-bond acceptors (Lipinski definition) is 2. The second kappa shape index (κ2) is 6.44. The Bertz CT molecular complexity index is 744. The van der Waals surface area contributed by atoms with Gasteiger partial charge < -0.3 is 14.5 Å². The first-order valence-electron chi connectivity index (χ1n) is 8.20. The van der Waals surface area contributed by atoms with Crippen LogP contribution in [-0.4, -0.2) is 33.4 Å². The summed E-state index contributed by atoms with van der Waals surface area (Å²) in [6, 6.07) is 7.22. The number of nitrogens with one attached hydrogen (secondary N) is 1. The van der Waals surface area contributed by atoms with Crippen LogP contribution in [-0.2, 0) is 19.4 Å². The van der Waals surface area contributed by atoms with E-state index in [2.05, 4.69) is 18.8 Å². The first-order valence-corrected chi connectivity index (χ1v) is 8.20. The van der Waals surface area contributed by atoms with Crippen LogP contribution in [0.2, 0.25) is 0 Å². The smallest absolute Gasteiger partial charge is 0.270 e. The molecule has 0 bridgehead atoms. The van der Waals surface area contributed by atoms with Gasteiger partial charge in [0.15, 0.2) is 0 Å². The van der Waals surface area contributed by atoms with E-state index in [1.807, 2.05) is 21.6 Å². The van der Waals surface area contributed by atoms with Crippen molar-refractivity contribution < 1.29 is 4.79 Å². The van der Waals surface area contributed by atoms with E-state index in [0.717, 1.165) is 25.1 Å². The molecule has 1 aliphatic rings. The molecule has 0 saturated heterocycles. The summed E-state index contributed by atoms with van der Waals surface area (Å²) in [6.07, 6.45) is 3.28. The van der Waals surface area contributed by atoms with Crippen LogP contribution in [0.4, 0.5) is 0 Å². The van der Waals surface area contributed by atoms with Crippen LogP contribution in [0.1, 0.15) is 35.6 Å². The Morgan fingerprint density at radius 3 is 2.70 bits per heavy atom. The zero-order chi connectivity index (χ0) is 16.4. The Morgan fingerprint density at radius 2 is 2.00 bits per heavy atom. The third kappa shape index (κ3) is 3.23. The van der Waals surface area contributed by atoms with Crippen LogP contribution in [0.5, 0.6) is 0 Å². The Morgan fingerprint density at radius 1 is 1.22 bits per heavy atom. The van der Waals surface area contributed by atoms with Gasteiger partial charge in [0.25, 0.3) is 11.5 Å². The van der Waals surface area contributed by atoms with Crippen molar-refractivity contribution in [2.75, 3.05) is 13.1 Å². The van der Waals surface area contributed by atoms with Crippen LogP contribution in [0.15, 0.2) is 35.3 Å². The Kier molecular flexibility index (Phi) is 4.37. The monoisotopic (exact) mass is 313 g/mol. The summed E-state index contributed by atoms with van der Waals surface area (Å²) in [7, 11) is 0. The van der Waals surface area contributed by atoms with E-state index in [4.69, 9.17) is 0 Å². The van der Waals surface area contributed by atoms with Crippen molar-refractivity contribution in [3.05, 3.63) is 57.8 Å². The lowest BCUT2D eigenvalue weighted by atomic mass is 10.1. The zero-order valence-electron chi connectivity index (χ0n) is 13.7. The van der Waals surface area contributed by atoms with Crippen molar-refractivity contribution in [1.29, 1.82) is 0 Å². The molecule has 2 aromatic rings. The van der Waals surface area contributed by atoms with Gasteiger partial charge >= 0.3 is 0 Å². The molecular weight excluding hydrogens is 290 g/mol. The molecule has 0 radical (unpaired) electrons. The van der Waals surface area contributed by atoms with Gasteiger partial charge in [0.1, 0.15) is 5.69 Å². The summed E-state index contributed by atoms with van der Waals surface area (Å²) in [6.45, 7) is 6.29. The summed E-state index contributed by atoms with van der Waals surface area (Å²) < 4.78 is 1.89. The molecule has 122 valence electrons. The van der Waals surface area contributed by atoms with E-state index in [0.29, 0.717) is 24.7 Å². The van der Waals surface area contributed by atoms with Crippen LogP contribution < -0.4 is 5.56 Å². The number of aromatic nitrogens is 2. The molecule has 3 heterocycles. The maximum absolute atomic E-state index is 12.5. The minimum atomic E-state index is 0.0283. The van der Waals surface area contributed by atoms with Crippen molar-refractivity contribution >= 4 is 5.91 Å². The topological polar surface area (TPSA) is 58.1 Å². The van der Waals surface area contributed by atoms with Gasteiger partial charge in [0, 0.05) is 44.0 Å². The van der Waals surface area contributed by atoms with E-state index in [1.165, 1.54) is 5.56 Å². The van der Waals surface area contributed by atoms with Crippen LogP contribution in [0.25, 0.3) is 0 Å². The van der Waals surface area contributed by atoms with E-state index < -0.39 is 0 Å². The maximum Gasteiger partial charge on any atom is 0.270 e. The molecule has 0 aromatic carbocycles. The van der Waals surface area contributed by atoms with Crippen molar-refractivity contribution in [2.45, 2.75) is 33.2 Å². The third-order valence-corrected chi connectivity index (χ3v) is 4.32. The van der Waals surface area contributed by atoms with Gasteiger partial charge in [-0.2, -0.15) is 0 Å². The van der Waals surface area contributed by atoms with Gasteiger partial charge in [-0.1, -0.05) is 19.9 Å². The van der Waals surface area contributed by atoms with Gasteiger partial charge in [-0.05, 0) is 30.0 Å². The van der Waals surface area contributed by atoms with Gasteiger partial charge in [-0.15, -0.1) is 0 Å². The number of nitrogens with zero attached hydrogens (tertiary/aromatic N) is 2. The number of fused-ring (bicyclic) bond motifs is 1. The van der Waals surface area contributed by atoms with Crippen molar-refractivity contribution in [3.8, 4) is 0 Å².